The van der Waals surface area contributed by atoms with Crippen molar-refractivity contribution in [2.75, 3.05) is 12.8 Å². The van der Waals surface area contributed by atoms with Crippen molar-refractivity contribution >= 4 is 11.7 Å². The van der Waals surface area contributed by atoms with Crippen molar-refractivity contribution in [3.63, 3.8) is 0 Å². The number of esters is 1. The van der Waals surface area contributed by atoms with E-state index in [1.54, 1.807) is 7.05 Å². The van der Waals surface area contributed by atoms with Gasteiger partial charge in [0.2, 0.25) is 5.88 Å². The predicted molar refractivity (Wildman–Crippen MR) is 61.1 cm³/mol. The van der Waals surface area contributed by atoms with Gasteiger partial charge in [-0.15, -0.1) is 5.10 Å². The lowest BCUT2D eigenvalue weighted by atomic mass is 10.2. The number of nitrogens with zero attached hydrogens (tertiary/aromatic N) is 4. The second-order valence-electron chi connectivity index (χ2n) is 3.37. The van der Waals surface area contributed by atoms with Crippen LogP contribution in [0.5, 0.6) is 11.9 Å². The maximum atomic E-state index is 11.4. The maximum Gasteiger partial charge on any atom is 0.342 e. The monoisotopic (exact) mass is 249 g/mol. The minimum absolute atomic E-state index is 0.0594. The van der Waals surface area contributed by atoms with E-state index in [-0.39, 0.29) is 23.1 Å². The van der Waals surface area contributed by atoms with E-state index in [0.717, 1.165) is 0 Å². The fourth-order valence-corrected chi connectivity index (χ4v) is 1.28. The molecule has 0 amide bonds. The lowest BCUT2D eigenvalue weighted by Crippen LogP contribution is -2.07. The summed E-state index contributed by atoms with van der Waals surface area (Å²) in [6.07, 6.45) is 2.86. The second-order valence-corrected chi connectivity index (χ2v) is 3.37. The highest BCUT2D eigenvalue weighted by molar-refractivity contribution is 5.95. The molecule has 2 N–H and O–H groups in total. The molecule has 0 aromatic carbocycles. The molecule has 0 spiro atoms. The summed E-state index contributed by atoms with van der Waals surface area (Å²) >= 11 is 0. The zero-order chi connectivity index (χ0) is 13.1. The smallest absolute Gasteiger partial charge is 0.342 e. The Morgan fingerprint density at radius 3 is 2.83 bits per heavy atom. The van der Waals surface area contributed by atoms with Gasteiger partial charge >= 0.3 is 12.0 Å². The molecule has 8 nitrogen and oxygen atoms in total. The highest BCUT2D eigenvalue weighted by Gasteiger charge is 2.16. The van der Waals surface area contributed by atoms with E-state index < -0.39 is 5.97 Å². The fourth-order valence-electron chi connectivity index (χ4n) is 1.28. The van der Waals surface area contributed by atoms with Crippen LogP contribution in [0.15, 0.2) is 18.6 Å². The first-order chi connectivity index (χ1) is 8.61. The molecule has 8 heteroatoms. The minimum atomic E-state index is -0.561. The number of nitrogen functional groups attached to an aromatic ring is 1. The molecule has 0 radical (unpaired) electrons. The largest absolute Gasteiger partial charge is 0.465 e. The first-order valence-electron chi connectivity index (χ1n) is 4.98. The van der Waals surface area contributed by atoms with Crippen LogP contribution < -0.4 is 10.5 Å². The third-order valence-corrected chi connectivity index (χ3v) is 2.13. The third kappa shape index (κ3) is 2.21. The summed E-state index contributed by atoms with van der Waals surface area (Å²) in [5.41, 5.74) is 6.02. The van der Waals surface area contributed by atoms with Crippen LogP contribution in [-0.4, -0.2) is 32.8 Å². The van der Waals surface area contributed by atoms with Crippen LogP contribution in [0, 0.1) is 0 Å². The summed E-state index contributed by atoms with van der Waals surface area (Å²) in [7, 11) is 2.96. The molecule has 2 aromatic heterocycles. The molecule has 94 valence electrons. The summed E-state index contributed by atoms with van der Waals surface area (Å²) < 4.78 is 11.3. The molecule has 0 aliphatic heterocycles. The number of rotatable bonds is 3. The molecule has 0 aliphatic rings. The first kappa shape index (κ1) is 11.8. The Bertz CT molecular complexity index is 581. The number of pyridine rings is 1. The van der Waals surface area contributed by atoms with Crippen LogP contribution in [0.2, 0.25) is 0 Å². The third-order valence-electron chi connectivity index (χ3n) is 2.13. The van der Waals surface area contributed by atoms with Crippen LogP contribution in [0.1, 0.15) is 10.4 Å². The molecule has 2 heterocycles. The Labute approximate surface area is 102 Å². The number of carbonyl (C=O) groups is 1. The van der Waals surface area contributed by atoms with E-state index in [2.05, 4.69) is 19.8 Å². The van der Waals surface area contributed by atoms with Crippen molar-refractivity contribution in [3.05, 3.63) is 24.2 Å². The summed E-state index contributed by atoms with van der Waals surface area (Å²) in [6.45, 7) is 0. The molecule has 0 fully saturated rings. The van der Waals surface area contributed by atoms with Gasteiger partial charge < -0.3 is 15.2 Å². The normalized spacial score (nSPS) is 10.1. The molecule has 0 aliphatic carbocycles. The molecule has 0 unspecified atom stereocenters. The van der Waals surface area contributed by atoms with Crippen LogP contribution in [0.3, 0.4) is 0 Å². The highest BCUT2D eigenvalue weighted by Crippen LogP contribution is 2.25. The standard InChI is InChI=1S/C10H11N5O3/c1-15-5-13-10(14-15)18-8-7(11)6(3-4-12-8)9(16)17-2/h3-5H,11H2,1-2H3. The lowest BCUT2D eigenvalue weighted by molar-refractivity contribution is 0.0601. The SMILES string of the molecule is COC(=O)c1ccnc(Oc2ncn(C)n2)c1N. The molecule has 18 heavy (non-hydrogen) atoms. The number of anilines is 1. The molecular formula is C10H11N5O3. The van der Waals surface area contributed by atoms with Gasteiger partial charge in [0.25, 0.3) is 0 Å². The summed E-state index contributed by atoms with van der Waals surface area (Å²) in [5, 5.41) is 3.91. The number of hydrogen-bond acceptors (Lipinski definition) is 7. The van der Waals surface area contributed by atoms with Crippen molar-refractivity contribution < 1.29 is 14.3 Å². The zero-order valence-electron chi connectivity index (χ0n) is 9.82. The van der Waals surface area contributed by atoms with Crippen molar-refractivity contribution in [1.29, 1.82) is 0 Å². The lowest BCUT2D eigenvalue weighted by Gasteiger charge is -2.07. The van der Waals surface area contributed by atoms with Crippen molar-refractivity contribution in [3.8, 4) is 11.9 Å². The zero-order valence-corrected chi connectivity index (χ0v) is 9.82. The minimum Gasteiger partial charge on any atom is -0.465 e. The highest BCUT2D eigenvalue weighted by atomic mass is 16.5. The Balaban J connectivity index is 2.31. The van der Waals surface area contributed by atoms with Gasteiger partial charge in [0, 0.05) is 13.2 Å². The van der Waals surface area contributed by atoms with E-state index in [1.165, 1.54) is 30.4 Å². The Hall–Kier alpha value is -2.64. The Morgan fingerprint density at radius 2 is 2.22 bits per heavy atom. The number of aryl methyl sites for hydroxylation is 1. The number of carbonyl (C=O) groups excluding carboxylic acids is 1. The van der Waals surface area contributed by atoms with Crippen LogP contribution in [0.25, 0.3) is 0 Å². The first-order valence-corrected chi connectivity index (χ1v) is 4.98. The van der Waals surface area contributed by atoms with Crippen LogP contribution in [-0.2, 0) is 11.8 Å². The molecule has 2 rings (SSSR count). The van der Waals surface area contributed by atoms with E-state index in [9.17, 15) is 4.79 Å². The number of ether oxygens (including phenoxy) is 2. The number of aromatic nitrogens is 4. The summed E-state index contributed by atoms with van der Waals surface area (Å²) in [6, 6.07) is 1.54. The van der Waals surface area contributed by atoms with E-state index >= 15 is 0 Å². The average molecular weight is 249 g/mol. The molecule has 0 atom stereocenters. The van der Waals surface area contributed by atoms with Crippen molar-refractivity contribution in [2.24, 2.45) is 7.05 Å². The van der Waals surface area contributed by atoms with Gasteiger partial charge in [0.1, 0.15) is 12.0 Å². The summed E-state index contributed by atoms with van der Waals surface area (Å²) in [5.74, 6) is -0.502. The quantitative estimate of drug-likeness (QED) is 0.783. The predicted octanol–water partition coefficient (Wildman–Crippen LogP) is 0.371. The molecule has 0 saturated carbocycles. The fraction of sp³-hybridized carbons (Fsp3) is 0.200. The van der Waals surface area contributed by atoms with Gasteiger partial charge in [-0.3, -0.25) is 4.68 Å². The van der Waals surface area contributed by atoms with Gasteiger partial charge in [-0.25, -0.2) is 9.78 Å². The number of methoxy groups -OCH3 is 1. The van der Waals surface area contributed by atoms with Crippen LogP contribution in [0.4, 0.5) is 5.69 Å². The van der Waals surface area contributed by atoms with Gasteiger partial charge in [0.15, 0.2) is 0 Å². The Morgan fingerprint density at radius 1 is 1.44 bits per heavy atom. The van der Waals surface area contributed by atoms with Crippen LogP contribution >= 0.6 is 0 Å². The molecule has 0 saturated heterocycles. The van der Waals surface area contributed by atoms with Crippen molar-refractivity contribution in [1.82, 2.24) is 19.7 Å². The average Bonchev–Trinajstić information content (AvgIpc) is 2.76. The Kier molecular flexibility index (Phi) is 3.09. The number of hydrogen-bond donors (Lipinski definition) is 1. The van der Waals surface area contributed by atoms with Gasteiger partial charge in [-0.05, 0) is 6.07 Å². The van der Waals surface area contributed by atoms with Gasteiger partial charge in [0.05, 0.1) is 12.7 Å². The number of nitrogens with two attached hydrogens (primary N) is 1. The van der Waals surface area contributed by atoms with Gasteiger partial charge in [-0.2, -0.15) is 4.98 Å². The molecule has 2 aromatic rings. The second kappa shape index (κ2) is 4.70. The van der Waals surface area contributed by atoms with Crippen molar-refractivity contribution in [2.45, 2.75) is 0 Å². The molecule has 0 bridgehead atoms. The van der Waals surface area contributed by atoms with Gasteiger partial charge in [-0.1, -0.05) is 0 Å². The van der Waals surface area contributed by atoms with E-state index in [1.807, 2.05) is 0 Å². The molecular weight excluding hydrogens is 238 g/mol. The maximum absolute atomic E-state index is 11.4. The van der Waals surface area contributed by atoms with E-state index in [0.29, 0.717) is 0 Å². The topological polar surface area (TPSA) is 105 Å². The summed E-state index contributed by atoms with van der Waals surface area (Å²) in [4.78, 5) is 19.2. The van der Waals surface area contributed by atoms with E-state index in [4.69, 9.17) is 10.5 Å².